The average Bonchev–Trinajstić information content (AvgIpc) is 3.18. The lowest BCUT2D eigenvalue weighted by Gasteiger charge is -2.26. The van der Waals surface area contributed by atoms with Crippen molar-refractivity contribution in [2.45, 2.75) is 59.1 Å². The van der Waals surface area contributed by atoms with Gasteiger partial charge < -0.3 is 19.3 Å². The van der Waals surface area contributed by atoms with Gasteiger partial charge in [-0.25, -0.2) is 0 Å². The van der Waals surface area contributed by atoms with Gasteiger partial charge in [0.2, 0.25) is 0 Å². The number of methoxy groups -OCH3 is 1. The third-order valence-electron chi connectivity index (χ3n) is 6.70. The second-order valence-corrected chi connectivity index (χ2v) is 11.0. The molecule has 0 saturated carbocycles. The summed E-state index contributed by atoms with van der Waals surface area (Å²) in [7, 11) is 1.56. The summed E-state index contributed by atoms with van der Waals surface area (Å²) >= 11 is 0. The van der Waals surface area contributed by atoms with Gasteiger partial charge >= 0.3 is 0 Å². The summed E-state index contributed by atoms with van der Waals surface area (Å²) < 4.78 is 17.0. The van der Waals surface area contributed by atoms with E-state index in [1.54, 1.807) is 49.6 Å². The van der Waals surface area contributed by atoms with Crippen molar-refractivity contribution in [1.29, 1.82) is 0 Å². The van der Waals surface area contributed by atoms with E-state index in [2.05, 4.69) is 20.8 Å². The number of Topliss-reactive ketones (excluding diaryl/α,β-unsaturated/α-hetero) is 1. The van der Waals surface area contributed by atoms with Crippen LogP contribution in [0.4, 0.5) is 5.69 Å². The Bertz CT molecular complexity index is 1430. The molecule has 40 heavy (non-hydrogen) atoms. The van der Waals surface area contributed by atoms with E-state index in [-0.39, 0.29) is 22.9 Å². The number of anilines is 1. The molecule has 1 heterocycles. The molecule has 0 spiro atoms. The van der Waals surface area contributed by atoms with Gasteiger partial charge in [0.15, 0.2) is 0 Å². The van der Waals surface area contributed by atoms with E-state index in [9.17, 15) is 14.7 Å². The van der Waals surface area contributed by atoms with Crippen molar-refractivity contribution in [3.05, 3.63) is 89.0 Å². The van der Waals surface area contributed by atoms with Crippen molar-refractivity contribution in [2.75, 3.05) is 18.6 Å². The van der Waals surface area contributed by atoms with Crippen LogP contribution >= 0.6 is 0 Å². The van der Waals surface area contributed by atoms with Crippen LogP contribution in [0.25, 0.3) is 5.76 Å². The summed E-state index contributed by atoms with van der Waals surface area (Å²) in [5, 5.41) is 11.7. The Morgan fingerprint density at radius 1 is 0.975 bits per heavy atom. The summed E-state index contributed by atoms with van der Waals surface area (Å²) in [6.07, 6.45) is -0.0668. The number of carbonyl (C=O) groups excluding carboxylic acids is 2. The monoisotopic (exact) mass is 543 g/mol. The summed E-state index contributed by atoms with van der Waals surface area (Å²) in [5.74, 6) is 0.189. The van der Waals surface area contributed by atoms with E-state index in [4.69, 9.17) is 14.2 Å². The van der Waals surface area contributed by atoms with Crippen LogP contribution in [0.1, 0.15) is 64.3 Å². The normalized spacial score (nSPS) is 16.9. The van der Waals surface area contributed by atoms with Crippen LogP contribution in [0, 0.1) is 0 Å². The topological polar surface area (TPSA) is 85.3 Å². The number of aliphatic hydroxyl groups is 1. The molecule has 1 aliphatic rings. The lowest BCUT2D eigenvalue weighted by Crippen LogP contribution is -2.29. The van der Waals surface area contributed by atoms with E-state index in [1.807, 2.05) is 45.0 Å². The summed E-state index contributed by atoms with van der Waals surface area (Å²) in [5.41, 5.74) is 2.16. The predicted molar refractivity (Wildman–Crippen MR) is 156 cm³/mol. The van der Waals surface area contributed by atoms with E-state index in [1.165, 1.54) is 4.90 Å². The minimum atomic E-state index is -0.881. The quantitative estimate of drug-likeness (QED) is 0.191. The molecular formula is C33H37NO6. The zero-order chi connectivity index (χ0) is 29.2. The van der Waals surface area contributed by atoms with Crippen LogP contribution in [-0.4, -0.2) is 36.6 Å². The Kier molecular flexibility index (Phi) is 8.24. The molecule has 1 fully saturated rings. The molecule has 210 valence electrons. The second-order valence-electron chi connectivity index (χ2n) is 11.0. The molecule has 4 rings (SSSR count). The number of nitrogens with zero attached hydrogens (tertiary/aromatic N) is 1. The zero-order valence-corrected chi connectivity index (χ0v) is 24.1. The molecule has 1 unspecified atom stereocenters. The highest BCUT2D eigenvalue weighted by Gasteiger charge is 2.47. The molecule has 3 aromatic rings. The van der Waals surface area contributed by atoms with Gasteiger partial charge in [-0.2, -0.15) is 0 Å². The fourth-order valence-corrected chi connectivity index (χ4v) is 4.89. The number of ketones is 1. The standard InChI is InChI=1S/C33H37NO6/c1-8-39-27-17-12-22(19-26(27)33(4,5)6)30(35)28-29(21-10-9-11-25(18-21)40-20(2)3)34(32(37)31(28)36)23-13-15-24(38-7)16-14-23/h9-20,29,35H,8H2,1-7H3/b30-28+. The van der Waals surface area contributed by atoms with Gasteiger partial charge in [-0.15, -0.1) is 0 Å². The number of aliphatic hydroxyl groups excluding tert-OH is 1. The summed E-state index contributed by atoms with van der Waals surface area (Å²) in [6, 6.07) is 18.6. The van der Waals surface area contributed by atoms with E-state index in [0.29, 0.717) is 40.7 Å². The van der Waals surface area contributed by atoms with Gasteiger partial charge in [0.05, 0.1) is 31.4 Å². The van der Waals surface area contributed by atoms with Crippen LogP contribution in [-0.2, 0) is 15.0 Å². The number of hydrogen-bond donors (Lipinski definition) is 1. The number of carbonyl (C=O) groups is 2. The maximum Gasteiger partial charge on any atom is 0.300 e. The second kappa shape index (κ2) is 11.5. The first kappa shape index (κ1) is 28.7. The minimum Gasteiger partial charge on any atom is -0.507 e. The smallest absolute Gasteiger partial charge is 0.300 e. The summed E-state index contributed by atoms with van der Waals surface area (Å²) in [4.78, 5) is 28.6. The maximum atomic E-state index is 13.6. The first-order valence-corrected chi connectivity index (χ1v) is 13.5. The Labute approximate surface area is 236 Å². The van der Waals surface area contributed by atoms with Gasteiger partial charge in [-0.1, -0.05) is 32.9 Å². The predicted octanol–water partition coefficient (Wildman–Crippen LogP) is 6.80. The van der Waals surface area contributed by atoms with Crippen molar-refractivity contribution < 1.29 is 28.9 Å². The van der Waals surface area contributed by atoms with Crippen LogP contribution in [0.3, 0.4) is 0 Å². The highest BCUT2D eigenvalue weighted by Crippen LogP contribution is 2.44. The van der Waals surface area contributed by atoms with Crippen LogP contribution in [0.2, 0.25) is 0 Å². The van der Waals surface area contributed by atoms with E-state index in [0.717, 1.165) is 5.56 Å². The number of amides is 1. The minimum absolute atomic E-state index is 0.00605. The lowest BCUT2D eigenvalue weighted by molar-refractivity contribution is -0.132. The van der Waals surface area contributed by atoms with Crippen molar-refractivity contribution in [1.82, 2.24) is 0 Å². The van der Waals surface area contributed by atoms with Crippen molar-refractivity contribution in [3.63, 3.8) is 0 Å². The van der Waals surface area contributed by atoms with Crippen molar-refractivity contribution in [3.8, 4) is 17.2 Å². The Morgan fingerprint density at radius 2 is 1.68 bits per heavy atom. The number of hydrogen-bond acceptors (Lipinski definition) is 6. The third kappa shape index (κ3) is 5.69. The van der Waals surface area contributed by atoms with Gasteiger partial charge in [0.25, 0.3) is 11.7 Å². The SMILES string of the molecule is CCOc1ccc(/C(O)=C2\C(=O)C(=O)N(c3ccc(OC)cc3)C2c2cccc(OC(C)C)c2)cc1C(C)(C)C. The van der Waals surface area contributed by atoms with Gasteiger partial charge in [-0.3, -0.25) is 14.5 Å². The van der Waals surface area contributed by atoms with Crippen LogP contribution in [0.5, 0.6) is 17.2 Å². The molecule has 1 atom stereocenters. The van der Waals surface area contributed by atoms with Gasteiger partial charge in [0.1, 0.15) is 23.0 Å². The van der Waals surface area contributed by atoms with Gasteiger partial charge in [-0.05, 0) is 86.3 Å². The molecule has 1 amide bonds. The molecular weight excluding hydrogens is 506 g/mol. The molecule has 0 radical (unpaired) electrons. The lowest BCUT2D eigenvalue weighted by atomic mass is 9.84. The number of benzene rings is 3. The van der Waals surface area contributed by atoms with Gasteiger partial charge in [0, 0.05) is 16.8 Å². The Balaban J connectivity index is 1.94. The average molecular weight is 544 g/mol. The van der Waals surface area contributed by atoms with E-state index < -0.39 is 17.7 Å². The molecule has 7 nitrogen and oxygen atoms in total. The number of rotatable bonds is 8. The molecule has 1 saturated heterocycles. The van der Waals surface area contributed by atoms with E-state index >= 15 is 0 Å². The first-order chi connectivity index (χ1) is 19.0. The molecule has 3 aromatic carbocycles. The highest BCUT2D eigenvalue weighted by atomic mass is 16.5. The fourth-order valence-electron chi connectivity index (χ4n) is 4.89. The van der Waals surface area contributed by atoms with Crippen LogP contribution < -0.4 is 19.1 Å². The molecule has 0 aliphatic carbocycles. The number of ether oxygens (including phenoxy) is 3. The van der Waals surface area contributed by atoms with Crippen molar-refractivity contribution >= 4 is 23.1 Å². The Hall–Kier alpha value is -4.26. The molecule has 0 aromatic heterocycles. The van der Waals surface area contributed by atoms with Crippen molar-refractivity contribution in [2.24, 2.45) is 0 Å². The third-order valence-corrected chi connectivity index (χ3v) is 6.70. The zero-order valence-electron chi connectivity index (χ0n) is 24.1. The Morgan fingerprint density at radius 3 is 2.27 bits per heavy atom. The molecule has 1 N–H and O–H groups in total. The highest BCUT2D eigenvalue weighted by molar-refractivity contribution is 6.51. The maximum absolute atomic E-state index is 13.6. The molecule has 1 aliphatic heterocycles. The fraction of sp³-hybridized carbons (Fsp3) is 0.333. The molecule has 7 heteroatoms. The summed E-state index contributed by atoms with van der Waals surface area (Å²) in [6.45, 7) is 12.4. The molecule has 0 bridgehead atoms. The largest absolute Gasteiger partial charge is 0.507 e. The first-order valence-electron chi connectivity index (χ1n) is 13.5. The van der Waals surface area contributed by atoms with Crippen LogP contribution in [0.15, 0.2) is 72.3 Å².